The number of ether oxygens (including phenoxy) is 1. The molecule has 0 unspecified atom stereocenters. The van der Waals surface area contributed by atoms with Gasteiger partial charge >= 0.3 is 0 Å². The highest BCUT2D eigenvalue weighted by atomic mass is 16.5. The Morgan fingerprint density at radius 3 is 3.05 bits per heavy atom. The predicted octanol–water partition coefficient (Wildman–Crippen LogP) is 1.50. The molecule has 2 aromatic heterocycles. The average Bonchev–Trinajstić information content (AvgIpc) is 3.19. The normalized spacial score (nSPS) is 22.0. The van der Waals surface area contributed by atoms with Crippen LogP contribution in [0.15, 0.2) is 24.7 Å². The molecule has 0 bridgehead atoms. The second-order valence-electron chi connectivity index (χ2n) is 5.56. The summed E-state index contributed by atoms with van der Waals surface area (Å²) in [6.45, 7) is 5.65. The molecule has 21 heavy (non-hydrogen) atoms. The van der Waals surface area contributed by atoms with E-state index in [4.69, 9.17) is 4.74 Å². The van der Waals surface area contributed by atoms with Crippen LogP contribution >= 0.6 is 0 Å². The van der Waals surface area contributed by atoms with Crippen LogP contribution in [-0.4, -0.2) is 32.7 Å². The zero-order valence-electron chi connectivity index (χ0n) is 12.7. The summed E-state index contributed by atoms with van der Waals surface area (Å²) < 4.78 is 9.76. The van der Waals surface area contributed by atoms with Crippen LogP contribution < -0.4 is 5.32 Å². The predicted molar refractivity (Wildman–Crippen MR) is 79.6 cm³/mol. The Bertz CT molecular complexity index is 576. The van der Waals surface area contributed by atoms with Gasteiger partial charge in [0.05, 0.1) is 11.9 Å². The summed E-state index contributed by atoms with van der Waals surface area (Å²) in [4.78, 5) is 0. The van der Waals surface area contributed by atoms with Crippen molar-refractivity contribution in [1.82, 2.24) is 24.9 Å². The van der Waals surface area contributed by atoms with Crippen molar-refractivity contribution in [2.75, 3.05) is 13.2 Å². The number of nitrogens with zero attached hydrogens (tertiary/aromatic N) is 4. The number of nitrogens with one attached hydrogen (secondary N) is 1. The van der Waals surface area contributed by atoms with Crippen LogP contribution in [0.4, 0.5) is 0 Å². The van der Waals surface area contributed by atoms with E-state index in [0.29, 0.717) is 5.92 Å². The lowest BCUT2D eigenvalue weighted by molar-refractivity contribution is 0.0838. The molecule has 1 saturated heterocycles. The molecular weight excluding hydrogens is 266 g/mol. The molecule has 3 heterocycles. The summed E-state index contributed by atoms with van der Waals surface area (Å²) in [5.74, 6) is 0.502. The van der Waals surface area contributed by atoms with Crippen LogP contribution in [0.2, 0.25) is 0 Å². The van der Waals surface area contributed by atoms with Crippen LogP contribution in [0.1, 0.15) is 30.7 Å². The molecule has 0 spiro atoms. The Morgan fingerprint density at radius 2 is 2.33 bits per heavy atom. The van der Waals surface area contributed by atoms with E-state index in [2.05, 4.69) is 28.6 Å². The molecule has 1 fully saturated rings. The standard InChI is InChI=1S/C15H23N5O/c1-3-20-11-12(9-18-20)8-16-10-13-5-7-21-15(13)14-4-6-17-19(14)2/h4,6,9,11,13,15-16H,3,5,7-8,10H2,1-2H3/t13-,15+/m0/s1. The van der Waals surface area contributed by atoms with Gasteiger partial charge in [0, 0.05) is 57.2 Å². The lowest BCUT2D eigenvalue weighted by atomic mass is 9.99. The van der Waals surface area contributed by atoms with Crippen LogP contribution in [-0.2, 0) is 24.9 Å². The number of hydrogen-bond donors (Lipinski definition) is 1. The molecule has 6 nitrogen and oxygen atoms in total. The van der Waals surface area contributed by atoms with E-state index in [-0.39, 0.29) is 6.10 Å². The van der Waals surface area contributed by atoms with Crippen molar-refractivity contribution in [2.24, 2.45) is 13.0 Å². The van der Waals surface area contributed by atoms with Gasteiger partial charge in [-0.25, -0.2) is 0 Å². The average molecular weight is 289 g/mol. The lowest BCUT2D eigenvalue weighted by Crippen LogP contribution is -2.25. The Balaban J connectivity index is 1.53. The first kappa shape index (κ1) is 14.3. The molecule has 0 aliphatic carbocycles. The summed E-state index contributed by atoms with van der Waals surface area (Å²) in [6, 6.07) is 2.05. The van der Waals surface area contributed by atoms with Gasteiger partial charge in [0.1, 0.15) is 6.10 Å². The van der Waals surface area contributed by atoms with Crippen LogP contribution in [0.5, 0.6) is 0 Å². The minimum Gasteiger partial charge on any atom is -0.372 e. The maximum absolute atomic E-state index is 5.90. The molecule has 114 valence electrons. The van der Waals surface area contributed by atoms with Crippen molar-refractivity contribution in [2.45, 2.75) is 32.5 Å². The van der Waals surface area contributed by atoms with Gasteiger partial charge in [0.15, 0.2) is 0 Å². The fourth-order valence-electron chi connectivity index (χ4n) is 2.91. The molecule has 1 aliphatic rings. The van der Waals surface area contributed by atoms with E-state index < -0.39 is 0 Å². The zero-order chi connectivity index (χ0) is 14.7. The quantitative estimate of drug-likeness (QED) is 0.875. The van der Waals surface area contributed by atoms with Crippen LogP contribution in [0, 0.1) is 5.92 Å². The fraction of sp³-hybridized carbons (Fsp3) is 0.600. The van der Waals surface area contributed by atoms with E-state index in [1.54, 1.807) is 0 Å². The summed E-state index contributed by atoms with van der Waals surface area (Å²) in [6.07, 6.45) is 7.11. The topological polar surface area (TPSA) is 56.9 Å². The van der Waals surface area contributed by atoms with Gasteiger partial charge in [-0.15, -0.1) is 0 Å². The fourth-order valence-corrected chi connectivity index (χ4v) is 2.91. The Hall–Kier alpha value is -1.66. The third kappa shape index (κ3) is 3.16. The molecule has 2 aromatic rings. The van der Waals surface area contributed by atoms with Crippen LogP contribution in [0.3, 0.4) is 0 Å². The molecule has 6 heteroatoms. The third-order valence-corrected chi connectivity index (χ3v) is 4.11. The Kier molecular flexibility index (Phi) is 4.36. The Labute approximate surface area is 125 Å². The molecule has 1 aliphatic heterocycles. The van der Waals surface area contributed by atoms with Crippen molar-refractivity contribution >= 4 is 0 Å². The van der Waals surface area contributed by atoms with Gasteiger partial charge in [-0.3, -0.25) is 9.36 Å². The molecule has 1 N–H and O–H groups in total. The van der Waals surface area contributed by atoms with Crippen molar-refractivity contribution in [3.63, 3.8) is 0 Å². The minimum absolute atomic E-state index is 0.156. The van der Waals surface area contributed by atoms with Crippen molar-refractivity contribution in [3.05, 3.63) is 35.9 Å². The van der Waals surface area contributed by atoms with Gasteiger partial charge in [-0.1, -0.05) is 0 Å². The molecule has 3 rings (SSSR count). The molecule has 0 saturated carbocycles. The van der Waals surface area contributed by atoms with E-state index in [9.17, 15) is 0 Å². The first-order chi connectivity index (χ1) is 10.3. The van der Waals surface area contributed by atoms with Crippen molar-refractivity contribution in [3.8, 4) is 0 Å². The highest BCUT2D eigenvalue weighted by molar-refractivity contribution is 5.08. The van der Waals surface area contributed by atoms with E-state index in [1.165, 1.54) is 5.56 Å². The summed E-state index contributed by atoms with van der Waals surface area (Å²) >= 11 is 0. The first-order valence-electron chi connectivity index (χ1n) is 7.59. The van der Waals surface area contributed by atoms with Gasteiger partial charge in [-0.05, 0) is 19.4 Å². The summed E-state index contributed by atoms with van der Waals surface area (Å²) in [5.41, 5.74) is 2.39. The largest absolute Gasteiger partial charge is 0.372 e. The molecule has 0 radical (unpaired) electrons. The molecule has 2 atom stereocenters. The Morgan fingerprint density at radius 1 is 1.43 bits per heavy atom. The molecule has 0 aromatic carbocycles. The summed E-state index contributed by atoms with van der Waals surface area (Å²) in [7, 11) is 1.97. The smallest absolute Gasteiger partial charge is 0.103 e. The van der Waals surface area contributed by atoms with Gasteiger partial charge < -0.3 is 10.1 Å². The van der Waals surface area contributed by atoms with Gasteiger partial charge in [0.25, 0.3) is 0 Å². The first-order valence-corrected chi connectivity index (χ1v) is 7.59. The van der Waals surface area contributed by atoms with E-state index >= 15 is 0 Å². The SMILES string of the molecule is CCn1cc(CNC[C@@H]2CCO[C@H]2c2ccnn2C)cn1. The minimum atomic E-state index is 0.156. The maximum atomic E-state index is 5.90. The molecular formula is C15H23N5O. The second-order valence-corrected chi connectivity index (χ2v) is 5.56. The third-order valence-electron chi connectivity index (χ3n) is 4.11. The number of aryl methyl sites for hydroxylation is 2. The number of aromatic nitrogens is 4. The highest BCUT2D eigenvalue weighted by Crippen LogP contribution is 2.33. The van der Waals surface area contributed by atoms with Gasteiger partial charge in [0.2, 0.25) is 0 Å². The number of rotatable bonds is 6. The monoisotopic (exact) mass is 289 g/mol. The second kappa shape index (κ2) is 6.41. The zero-order valence-corrected chi connectivity index (χ0v) is 12.7. The highest BCUT2D eigenvalue weighted by Gasteiger charge is 2.31. The number of hydrogen-bond acceptors (Lipinski definition) is 4. The molecule has 0 amide bonds. The van der Waals surface area contributed by atoms with Gasteiger partial charge in [-0.2, -0.15) is 10.2 Å². The van der Waals surface area contributed by atoms with E-state index in [1.807, 2.05) is 34.9 Å². The van der Waals surface area contributed by atoms with Crippen molar-refractivity contribution in [1.29, 1.82) is 0 Å². The maximum Gasteiger partial charge on any atom is 0.103 e. The van der Waals surface area contributed by atoms with E-state index in [0.717, 1.165) is 38.4 Å². The van der Waals surface area contributed by atoms with Crippen molar-refractivity contribution < 1.29 is 4.74 Å². The lowest BCUT2D eigenvalue weighted by Gasteiger charge is -2.19. The van der Waals surface area contributed by atoms with Crippen LogP contribution in [0.25, 0.3) is 0 Å². The summed E-state index contributed by atoms with van der Waals surface area (Å²) in [5, 5.41) is 12.1.